The maximum Gasteiger partial charge on any atom is 0.163 e. The molecule has 0 aliphatic heterocycles. The lowest BCUT2D eigenvalue weighted by molar-refractivity contribution is 0.282. The summed E-state index contributed by atoms with van der Waals surface area (Å²) in [5.74, 6) is 7.48. The summed E-state index contributed by atoms with van der Waals surface area (Å²) in [7, 11) is 3.92. The molecule has 0 aliphatic carbocycles. The van der Waals surface area contributed by atoms with Gasteiger partial charge in [0, 0.05) is 13.6 Å². The molecule has 7 nitrogen and oxygen atoms in total. The van der Waals surface area contributed by atoms with E-state index in [2.05, 4.69) is 46.3 Å². The van der Waals surface area contributed by atoms with Gasteiger partial charge in [0.05, 0.1) is 18.1 Å². The van der Waals surface area contributed by atoms with Gasteiger partial charge >= 0.3 is 0 Å². The summed E-state index contributed by atoms with van der Waals surface area (Å²) in [6.07, 6.45) is 1.71. The Morgan fingerprint density at radius 2 is 2.16 bits per heavy atom. The van der Waals surface area contributed by atoms with Crippen molar-refractivity contribution in [3.63, 3.8) is 0 Å². The van der Waals surface area contributed by atoms with Crippen LogP contribution < -0.4 is 11.3 Å². The Bertz CT molecular complexity index is 560. The fourth-order valence-electron chi connectivity index (χ4n) is 2.18. The maximum absolute atomic E-state index is 5.51. The van der Waals surface area contributed by atoms with Crippen molar-refractivity contribution in [3.8, 4) is 0 Å². The number of fused-ring (bicyclic) bond motifs is 1. The minimum Gasteiger partial charge on any atom is -0.308 e. The summed E-state index contributed by atoms with van der Waals surface area (Å²) < 4.78 is 1.73. The Morgan fingerprint density at radius 3 is 2.79 bits per heavy atom. The van der Waals surface area contributed by atoms with E-state index in [1.807, 2.05) is 7.05 Å². The number of aromatic nitrogens is 4. The van der Waals surface area contributed by atoms with E-state index in [0.29, 0.717) is 18.3 Å². The number of hydrazine groups is 1. The zero-order valence-corrected chi connectivity index (χ0v) is 11.9. The van der Waals surface area contributed by atoms with Gasteiger partial charge in [0.15, 0.2) is 11.5 Å². The third-order valence-corrected chi connectivity index (χ3v) is 2.86. The minimum atomic E-state index is 0.609. The van der Waals surface area contributed by atoms with Gasteiger partial charge in [-0.2, -0.15) is 5.10 Å². The van der Waals surface area contributed by atoms with Gasteiger partial charge in [0.2, 0.25) is 0 Å². The monoisotopic (exact) mass is 263 g/mol. The first-order chi connectivity index (χ1) is 9.01. The highest BCUT2D eigenvalue weighted by atomic mass is 15.3. The number of nitrogens with zero attached hydrogens (tertiary/aromatic N) is 5. The molecule has 2 aromatic rings. The van der Waals surface area contributed by atoms with Crippen LogP contribution in [0.3, 0.4) is 0 Å². The summed E-state index contributed by atoms with van der Waals surface area (Å²) in [5, 5.41) is 5.01. The Balaban J connectivity index is 2.30. The number of hydrogen-bond donors (Lipinski definition) is 2. The molecule has 3 N–H and O–H groups in total. The van der Waals surface area contributed by atoms with Crippen molar-refractivity contribution >= 4 is 16.9 Å². The molecule has 19 heavy (non-hydrogen) atoms. The predicted molar refractivity (Wildman–Crippen MR) is 75.3 cm³/mol. The van der Waals surface area contributed by atoms with Gasteiger partial charge in [-0.1, -0.05) is 13.8 Å². The number of aryl methyl sites for hydroxylation is 1. The number of hydrogen-bond acceptors (Lipinski definition) is 6. The summed E-state index contributed by atoms with van der Waals surface area (Å²) in [6.45, 7) is 6.06. The molecule has 0 amide bonds. The van der Waals surface area contributed by atoms with Crippen molar-refractivity contribution in [2.24, 2.45) is 18.8 Å². The molecule has 0 unspecified atom stereocenters. The van der Waals surface area contributed by atoms with E-state index < -0.39 is 0 Å². The first-order valence-corrected chi connectivity index (χ1v) is 6.35. The second-order valence-electron chi connectivity index (χ2n) is 5.23. The highest BCUT2D eigenvalue weighted by Gasteiger charge is 2.12. The average Bonchev–Trinajstić information content (AvgIpc) is 2.69. The van der Waals surface area contributed by atoms with Gasteiger partial charge in [-0.3, -0.25) is 9.58 Å². The third kappa shape index (κ3) is 2.99. The molecule has 0 atom stereocenters. The Morgan fingerprint density at radius 1 is 1.42 bits per heavy atom. The molecule has 0 radical (unpaired) electrons. The molecule has 0 saturated heterocycles. The third-order valence-electron chi connectivity index (χ3n) is 2.86. The van der Waals surface area contributed by atoms with Gasteiger partial charge in [-0.25, -0.2) is 15.8 Å². The van der Waals surface area contributed by atoms with E-state index in [0.717, 1.165) is 23.4 Å². The van der Waals surface area contributed by atoms with Crippen molar-refractivity contribution in [3.05, 3.63) is 12.0 Å². The lowest BCUT2D eigenvalue weighted by Gasteiger charge is -2.18. The fourth-order valence-corrected chi connectivity index (χ4v) is 2.18. The summed E-state index contributed by atoms with van der Waals surface area (Å²) >= 11 is 0. The van der Waals surface area contributed by atoms with Crippen LogP contribution in [0.15, 0.2) is 6.20 Å². The molecule has 0 bridgehead atoms. The van der Waals surface area contributed by atoms with Crippen LogP contribution in [0.25, 0.3) is 11.0 Å². The number of nitrogen functional groups attached to an aromatic ring is 1. The lowest BCUT2D eigenvalue weighted by Crippen LogP contribution is -2.24. The number of rotatable bonds is 5. The van der Waals surface area contributed by atoms with Crippen LogP contribution in [0, 0.1) is 5.92 Å². The molecule has 0 spiro atoms. The van der Waals surface area contributed by atoms with E-state index in [1.165, 1.54) is 0 Å². The quantitative estimate of drug-likeness (QED) is 0.611. The van der Waals surface area contributed by atoms with Gasteiger partial charge in [0.1, 0.15) is 5.82 Å². The molecule has 7 heteroatoms. The average molecular weight is 263 g/mol. The molecule has 0 aromatic carbocycles. The molecular formula is C12H21N7. The van der Waals surface area contributed by atoms with Crippen LogP contribution in [-0.4, -0.2) is 38.2 Å². The van der Waals surface area contributed by atoms with Crippen molar-refractivity contribution in [1.29, 1.82) is 0 Å². The fraction of sp³-hybridized carbons (Fsp3) is 0.583. The molecule has 0 aliphatic rings. The highest BCUT2D eigenvalue weighted by Crippen LogP contribution is 2.18. The largest absolute Gasteiger partial charge is 0.308 e. The molecule has 2 heterocycles. The van der Waals surface area contributed by atoms with Crippen molar-refractivity contribution in [1.82, 2.24) is 24.6 Å². The van der Waals surface area contributed by atoms with E-state index in [9.17, 15) is 0 Å². The van der Waals surface area contributed by atoms with Gasteiger partial charge in [-0.15, -0.1) is 0 Å². The SMILES string of the molecule is CC(C)CN(C)Cc1nc(NN)c2cnn(C)c2n1. The molecule has 104 valence electrons. The van der Waals surface area contributed by atoms with Gasteiger partial charge in [-0.05, 0) is 13.0 Å². The van der Waals surface area contributed by atoms with E-state index in [1.54, 1.807) is 10.9 Å². The number of anilines is 1. The first kappa shape index (κ1) is 13.7. The lowest BCUT2D eigenvalue weighted by atomic mass is 10.2. The standard InChI is InChI=1S/C12H21N7/c1-8(2)6-18(3)7-10-15-11(17-13)9-5-14-19(4)12(9)16-10/h5,8H,6-7,13H2,1-4H3,(H,15,16,17). The summed E-state index contributed by atoms with van der Waals surface area (Å²) in [5.41, 5.74) is 3.40. The van der Waals surface area contributed by atoms with E-state index in [-0.39, 0.29) is 0 Å². The topological polar surface area (TPSA) is 84.9 Å². The van der Waals surface area contributed by atoms with Crippen LogP contribution >= 0.6 is 0 Å². The normalized spacial score (nSPS) is 11.7. The summed E-state index contributed by atoms with van der Waals surface area (Å²) in [6, 6.07) is 0. The number of nitrogens with one attached hydrogen (secondary N) is 1. The molecule has 2 aromatic heterocycles. The zero-order chi connectivity index (χ0) is 14.0. The smallest absolute Gasteiger partial charge is 0.163 e. The Kier molecular flexibility index (Phi) is 3.96. The van der Waals surface area contributed by atoms with Crippen molar-refractivity contribution in [2.45, 2.75) is 20.4 Å². The minimum absolute atomic E-state index is 0.609. The Labute approximate surface area is 112 Å². The van der Waals surface area contributed by atoms with Crippen LogP contribution in [0.1, 0.15) is 19.7 Å². The van der Waals surface area contributed by atoms with Crippen LogP contribution in [0.4, 0.5) is 5.82 Å². The Hall–Kier alpha value is -1.73. The van der Waals surface area contributed by atoms with Gasteiger partial charge in [0.25, 0.3) is 0 Å². The van der Waals surface area contributed by atoms with Gasteiger partial charge < -0.3 is 5.43 Å². The molecular weight excluding hydrogens is 242 g/mol. The zero-order valence-electron chi connectivity index (χ0n) is 11.9. The van der Waals surface area contributed by atoms with Crippen molar-refractivity contribution in [2.75, 3.05) is 19.0 Å². The van der Waals surface area contributed by atoms with Crippen LogP contribution in [0.2, 0.25) is 0 Å². The molecule has 0 saturated carbocycles. The highest BCUT2D eigenvalue weighted by molar-refractivity contribution is 5.86. The van der Waals surface area contributed by atoms with Crippen LogP contribution in [-0.2, 0) is 13.6 Å². The van der Waals surface area contributed by atoms with E-state index >= 15 is 0 Å². The molecule has 0 fully saturated rings. The summed E-state index contributed by atoms with van der Waals surface area (Å²) in [4.78, 5) is 11.2. The first-order valence-electron chi connectivity index (χ1n) is 6.35. The van der Waals surface area contributed by atoms with Crippen molar-refractivity contribution < 1.29 is 0 Å². The number of nitrogens with two attached hydrogens (primary N) is 1. The second-order valence-corrected chi connectivity index (χ2v) is 5.23. The molecule has 2 rings (SSSR count). The van der Waals surface area contributed by atoms with E-state index in [4.69, 9.17) is 5.84 Å². The predicted octanol–water partition coefficient (Wildman–Crippen LogP) is 0.737. The second kappa shape index (κ2) is 5.50. The maximum atomic E-state index is 5.51. The van der Waals surface area contributed by atoms with Crippen LogP contribution in [0.5, 0.6) is 0 Å².